The highest BCUT2D eigenvalue weighted by Crippen LogP contribution is 2.34. The molecule has 0 unspecified atom stereocenters. The van der Waals surface area contributed by atoms with E-state index in [0.29, 0.717) is 22.5 Å². The second-order valence-electron chi connectivity index (χ2n) is 5.12. The summed E-state index contributed by atoms with van der Waals surface area (Å²) in [6, 6.07) is 3.51. The van der Waals surface area contributed by atoms with Crippen LogP contribution in [0.5, 0.6) is 11.5 Å². The van der Waals surface area contributed by atoms with Gasteiger partial charge in [-0.1, -0.05) is 15.9 Å². The van der Waals surface area contributed by atoms with E-state index >= 15 is 0 Å². The average Bonchev–Trinajstić information content (AvgIpc) is 2.35. The third-order valence-corrected chi connectivity index (χ3v) is 2.99. The van der Waals surface area contributed by atoms with Crippen LogP contribution >= 0.6 is 15.9 Å². The lowest BCUT2D eigenvalue weighted by Gasteiger charge is -2.21. The van der Waals surface area contributed by atoms with Crippen LogP contribution in [0.4, 0.5) is 10.5 Å². The predicted octanol–water partition coefficient (Wildman–Crippen LogP) is 3.95. The number of carbonyl (C=O) groups is 1. The number of nitrogens with one attached hydrogen (secondary N) is 1. The normalized spacial score (nSPS) is 10.9. The molecule has 0 saturated heterocycles. The van der Waals surface area contributed by atoms with Gasteiger partial charge in [-0.3, -0.25) is 5.32 Å². The summed E-state index contributed by atoms with van der Waals surface area (Å²) in [5.41, 5.74) is 0.942. The zero-order chi connectivity index (χ0) is 15.3. The third-order valence-electron chi connectivity index (χ3n) is 2.39. The van der Waals surface area contributed by atoms with Crippen molar-refractivity contribution in [2.24, 2.45) is 0 Å². The molecule has 6 heteroatoms. The van der Waals surface area contributed by atoms with Gasteiger partial charge in [-0.15, -0.1) is 0 Å². The Morgan fingerprint density at radius 2 is 1.75 bits per heavy atom. The number of hydrogen-bond donors (Lipinski definition) is 1. The molecule has 0 saturated carbocycles. The second kappa shape index (κ2) is 6.83. The molecule has 0 fully saturated rings. The van der Waals surface area contributed by atoms with Gasteiger partial charge < -0.3 is 14.2 Å². The number of benzene rings is 1. The molecule has 1 N–H and O–H groups in total. The SMILES string of the molecule is COc1cc(CBr)c(NC(=O)OC(C)(C)C)cc1OC. The minimum Gasteiger partial charge on any atom is -0.493 e. The molecule has 0 atom stereocenters. The minimum absolute atomic E-state index is 0.507. The van der Waals surface area contributed by atoms with E-state index in [2.05, 4.69) is 21.2 Å². The minimum atomic E-state index is -0.546. The van der Waals surface area contributed by atoms with Crippen LogP contribution in [0.15, 0.2) is 12.1 Å². The van der Waals surface area contributed by atoms with E-state index in [9.17, 15) is 4.79 Å². The van der Waals surface area contributed by atoms with Crippen molar-refractivity contribution in [3.05, 3.63) is 17.7 Å². The van der Waals surface area contributed by atoms with Crippen molar-refractivity contribution in [3.8, 4) is 11.5 Å². The molecule has 0 radical (unpaired) electrons. The molecule has 0 spiro atoms. The van der Waals surface area contributed by atoms with Crippen LogP contribution in [0.3, 0.4) is 0 Å². The van der Waals surface area contributed by atoms with Gasteiger partial charge >= 0.3 is 6.09 Å². The van der Waals surface area contributed by atoms with Gasteiger partial charge in [0.2, 0.25) is 0 Å². The maximum Gasteiger partial charge on any atom is 0.412 e. The summed E-state index contributed by atoms with van der Waals surface area (Å²) in [7, 11) is 3.11. The summed E-state index contributed by atoms with van der Waals surface area (Å²) in [4.78, 5) is 11.8. The Labute approximate surface area is 127 Å². The van der Waals surface area contributed by atoms with Crippen LogP contribution < -0.4 is 14.8 Å². The van der Waals surface area contributed by atoms with Crippen molar-refractivity contribution in [1.29, 1.82) is 0 Å². The van der Waals surface area contributed by atoms with E-state index < -0.39 is 11.7 Å². The molecule has 1 aromatic rings. The molecule has 0 aliphatic carbocycles. The summed E-state index contributed by atoms with van der Waals surface area (Å²) in [6.07, 6.45) is -0.507. The zero-order valence-electron chi connectivity index (χ0n) is 12.4. The molecule has 20 heavy (non-hydrogen) atoms. The van der Waals surface area contributed by atoms with Gasteiger partial charge in [-0.2, -0.15) is 0 Å². The fourth-order valence-electron chi connectivity index (χ4n) is 1.56. The fraction of sp³-hybridized carbons (Fsp3) is 0.500. The highest BCUT2D eigenvalue weighted by Gasteiger charge is 2.18. The molecule has 0 aliphatic heterocycles. The van der Waals surface area contributed by atoms with E-state index in [1.165, 1.54) is 0 Å². The van der Waals surface area contributed by atoms with Crippen LogP contribution in [0.2, 0.25) is 0 Å². The quantitative estimate of drug-likeness (QED) is 0.839. The van der Waals surface area contributed by atoms with E-state index in [-0.39, 0.29) is 0 Å². The van der Waals surface area contributed by atoms with Crippen LogP contribution in [-0.4, -0.2) is 25.9 Å². The van der Waals surface area contributed by atoms with Crippen molar-refractivity contribution in [3.63, 3.8) is 0 Å². The van der Waals surface area contributed by atoms with Crippen molar-refractivity contribution >= 4 is 27.7 Å². The number of rotatable bonds is 4. The lowest BCUT2D eigenvalue weighted by atomic mass is 10.1. The van der Waals surface area contributed by atoms with Crippen molar-refractivity contribution in [2.75, 3.05) is 19.5 Å². The van der Waals surface area contributed by atoms with E-state index in [4.69, 9.17) is 14.2 Å². The number of hydrogen-bond acceptors (Lipinski definition) is 4. The molecule has 1 rings (SSSR count). The van der Waals surface area contributed by atoms with Crippen molar-refractivity contribution < 1.29 is 19.0 Å². The van der Waals surface area contributed by atoms with Gasteiger partial charge in [0.1, 0.15) is 5.60 Å². The Bertz CT molecular complexity index is 483. The molecule has 112 valence electrons. The average molecular weight is 346 g/mol. The molecule has 1 amide bonds. The molecule has 0 heterocycles. The lowest BCUT2D eigenvalue weighted by Crippen LogP contribution is -2.27. The summed E-state index contributed by atoms with van der Waals surface area (Å²) in [6.45, 7) is 5.44. The van der Waals surface area contributed by atoms with Crippen molar-refractivity contribution in [2.45, 2.75) is 31.7 Å². The number of alkyl halides is 1. The van der Waals surface area contributed by atoms with Crippen molar-refractivity contribution in [1.82, 2.24) is 0 Å². The Hall–Kier alpha value is -1.43. The summed E-state index contributed by atoms with van der Waals surface area (Å²) in [5, 5.41) is 3.29. The first kappa shape index (κ1) is 16.6. The number of methoxy groups -OCH3 is 2. The molecular formula is C14H20BrNO4. The van der Waals surface area contributed by atoms with Crippen LogP contribution in [0, 0.1) is 0 Å². The summed E-state index contributed by atoms with van der Waals surface area (Å²) >= 11 is 3.38. The number of carbonyl (C=O) groups excluding carboxylic acids is 1. The largest absolute Gasteiger partial charge is 0.493 e. The summed E-state index contributed by atoms with van der Waals surface area (Å²) in [5.74, 6) is 1.15. The lowest BCUT2D eigenvalue weighted by molar-refractivity contribution is 0.0636. The molecule has 0 aliphatic rings. The van der Waals surface area contributed by atoms with E-state index in [1.54, 1.807) is 26.4 Å². The Balaban J connectivity index is 3.02. The predicted molar refractivity (Wildman–Crippen MR) is 82.0 cm³/mol. The number of ether oxygens (including phenoxy) is 3. The number of halogens is 1. The first-order valence-corrected chi connectivity index (χ1v) is 7.23. The van der Waals surface area contributed by atoms with Gasteiger partial charge in [0.25, 0.3) is 0 Å². The fourth-order valence-corrected chi connectivity index (χ4v) is 2.03. The topological polar surface area (TPSA) is 56.8 Å². The monoisotopic (exact) mass is 345 g/mol. The Morgan fingerprint density at radius 3 is 2.20 bits per heavy atom. The molecular weight excluding hydrogens is 326 g/mol. The van der Waals surface area contributed by atoms with E-state index in [1.807, 2.05) is 20.8 Å². The van der Waals surface area contributed by atoms with Gasteiger partial charge in [-0.05, 0) is 32.4 Å². The van der Waals surface area contributed by atoms with Gasteiger partial charge in [0.15, 0.2) is 11.5 Å². The van der Waals surface area contributed by atoms with Gasteiger partial charge in [0.05, 0.1) is 19.9 Å². The number of amides is 1. The van der Waals surface area contributed by atoms with Gasteiger partial charge in [-0.25, -0.2) is 4.79 Å². The maximum absolute atomic E-state index is 11.8. The van der Waals surface area contributed by atoms with Crippen LogP contribution in [0.1, 0.15) is 26.3 Å². The highest BCUT2D eigenvalue weighted by molar-refractivity contribution is 9.08. The molecule has 1 aromatic carbocycles. The Morgan fingerprint density at radius 1 is 1.20 bits per heavy atom. The second-order valence-corrected chi connectivity index (χ2v) is 5.69. The maximum atomic E-state index is 11.8. The standard InChI is InChI=1S/C14H20BrNO4/c1-14(2,3)20-13(17)16-10-7-12(19-5)11(18-4)6-9(10)8-15/h6-7H,8H2,1-5H3,(H,16,17). The molecule has 5 nitrogen and oxygen atoms in total. The third kappa shape index (κ3) is 4.59. The smallest absolute Gasteiger partial charge is 0.412 e. The van der Waals surface area contributed by atoms with Gasteiger partial charge in [0, 0.05) is 11.4 Å². The molecule has 0 aromatic heterocycles. The van der Waals surface area contributed by atoms with Crippen LogP contribution in [-0.2, 0) is 10.1 Å². The zero-order valence-corrected chi connectivity index (χ0v) is 14.0. The first-order chi connectivity index (χ1) is 9.30. The molecule has 0 bridgehead atoms. The number of anilines is 1. The first-order valence-electron chi connectivity index (χ1n) is 6.11. The van der Waals surface area contributed by atoms with Crippen LogP contribution in [0.25, 0.3) is 0 Å². The summed E-state index contributed by atoms with van der Waals surface area (Å²) < 4.78 is 15.7. The van der Waals surface area contributed by atoms with E-state index in [0.717, 1.165) is 5.56 Å². The Kier molecular flexibility index (Phi) is 5.68. The highest BCUT2D eigenvalue weighted by atomic mass is 79.9.